The van der Waals surface area contributed by atoms with Gasteiger partial charge >= 0.3 is 0 Å². The molecule has 1 fully saturated rings. The lowest BCUT2D eigenvalue weighted by molar-refractivity contribution is -0.131. The van der Waals surface area contributed by atoms with Crippen molar-refractivity contribution in [3.8, 4) is 0 Å². The SMILES string of the molecule is CC(C)CCN(C)C(=O)C1CSCCN1. The van der Waals surface area contributed by atoms with Gasteiger partial charge in [-0.2, -0.15) is 11.8 Å². The molecule has 1 N–H and O–H groups in total. The lowest BCUT2D eigenvalue weighted by Gasteiger charge is -2.27. The minimum absolute atomic E-state index is 0.0425. The first-order valence-electron chi connectivity index (χ1n) is 5.67. The molecular weight excluding hydrogens is 208 g/mol. The quantitative estimate of drug-likeness (QED) is 0.787. The highest BCUT2D eigenvalue weighted by Gasteiger charge is 2.23. The number of rotatable bonds is 4. The number of likely N-dealkylation sites (N-methyl/N-ethyl adjacent to an activating group) is 1. The van der Waals surface area contributed by atoms with Gasteiger partial charge in [0, 0.05) is 31.6 Å². The molecule has 1 amide bonds. The molecule has 1 saturated heterocycles. The van der Waals surface area contributed by atoms with Crippen LogP contribution in [0, 0.1) is 5.92 Å². The van der Waals surface area contributed by atoms with E-state index in [0.29, 0.717) is 5.92 Å². The highest BCUT2D eigenvalue weighted by Crippen LogP contribution is 2.10. The number of hydrogen-bond donors (Lipinski definition) is 1. The number of carbonyl (C=O) groups is 1. The van der Waals surface area contributed by atoms with E-state index in [2.05, 4.69) is 19.2 Å². The van der Waals surface area contributed by atoms with E-state index in [1.165, 1.54) is 0 Å². The molecule has 15 heavy (non-hydrogen) atoms. The normalized spacial score (nSPS) is 21.7. The van der Waals surface area contributed by atoms with Crippen molar-refractivity contribution in [3.05, 3.63) is 0 Å². The first-order chi connectivity index (χ1) is 7.11. The fourth-order valence-electron chi connectivity index (χ4n) is 1.55. The summed E-state index contributed by atoms with van der Waals surface area (Å²) in [4.78, 5) is 13.8. The van der Waals surface area contributed by atoms with Crippen molar-refractivity contribution < 1.29 is 4.79 Å². The van der Waals surface area contributed by atoms with Crippen LogP contribution in [0.4, 0.5) is 0 Å². The number of nitrogens with one attached hydrogen (secondary N) is 1. The first kappa shape index (κ1) is 12.8. The summed E-state index contributed by atoms with van der Waals surface area (Å²) in [6, 6.07) is 0.0425. The standard InChI is InChI=1S/C11H22N2OS/c1-9(2)4-6-13(3)11(14)10-8-15-7-5-12-10/h9-10,12H,4-8H2,1-3H3. The Morgan fingerprint density at radius 1 is 1.60 bits per heavy atom. The molecule has 0 radical (unpaired) electrons. The highest BCUT2D eigenvalue weighted by atomic mass is 32.2. The predicted octanol–water partition coefficient (Wildman–Crippen LogP) is 1.20. The van der Waals surface area contributed by atoms with Crippen molar-refractivity contribution in [2.24, 2.45) is 5.92 Å². The van der Waals surface area contributed by atoms with Crippen molar-refractivity contribution >= 4 is 17.7 Å². The highest BCUT2D eigenvalue weighted by molar-refractivity contribution is 7.99. The zero-order valence-electron chi connectivity index (χ0n) is 9.95. The fraction of sp³-hybridized carbons (Fsp3) is 0.909. The van der Waals surface area contributed by atoms with E-state index in [1.54, 1.807) is 0 Å². The second-order valence-electron chi connectivity index (χ2n) is 4.52. The van der Waals surface area contributed by atoms with Crippen LogP contribution >= 0.6 is 11.8 Å². The molecule has 1 aliphatic heterocycles. The van der Waals surface area contributed by atoms with Crippen molar-refractivity contribution in [1.29, 1.82) is 0 Å². The van der Waals surface area contributed by atoms with Gasteiger partial charge in [0.2, 0.25) is 5.91 Å². The molecule has 0 aliphatic carbocycles. The van der Waals surface area contributed by atoms with Gasteiger partial charge in [0.1, 0.15) is 0 Å². The Labute approximate surface area is 97.0 Å². The van der Waals surface area contributed by atoms with Gasteiger partial charge in [0.15, 0.2) is 0 Å². The van der Waals surface area contributed by atoms with E-state index in [-0.39, 0.29) is 11.9 Å². The van der Waals surface area contributed by atoms with Crippen LogP contribution < -0.4 is 5.32 Å². The smallest absolute Gasteiger partial charge is 0.240 e. The molecule has 0 aromatic carbocycles. The lowest BCUT2D eigenvalue weighted by Crippen LogP contribution is -2.49. The molecule has 1 heterocycles. The molecule has 3 nitrogen and oxygen atoms in total. The summed E-state index contributed by atoms with van der Waals surface area (Å²) in [7, 11) is 1.91. The fourth-order valence-corrected chi connectivity index (χ4v) is 2.48. The van der Waals surface area contributed by atoms with Crippen LogP contribution in [0.1, 0.15) is 20.3 Å². The third-order valence-corrected chi connectivity index (χ3v) is 3.70. The van der Waals surface area contributed by atoms with Crippen LogP contribution in [0.5, 0.6) is 0 Å². The van der Waals surface area contributed by atoms with Gasteiger partial charge in [-0.25, -0.2) is 0 Å². The number of carbonyl (C=O) groups excluding carboxylic acids is 1. The van der Waals surface area contributed by atoms with Gasteiger partial charge in [-0.05, 0) is 12.3 Å². The molecule has 1 atom stereocenters. The van der Waals surface area contributed by atoms with Crippen LogP contribution in [0.15, 0.2) is 0 Å². The van der Waals surface area contributed by atoms with E-state index >= 15 is 0 Å². The summed E-state index contributed by atoms with van der Waals surface area (Å²) in [5, 5.41) is 3.28. The Morgan fingerprint density at radius 2 is 2.33 bits per heavy atom. The molecule has 88 valence electrons. The van der Waals surface area contributed by atoms with E-state index in [9.17, 15) is 4.79 Å². The number of hydrogen-bond acceptors (Lipinski definition) is 3. The minimum Gasteiger partial charge on any atom is -0.344 e. The first-order valence-corrected chi connectivity index (χ1v) is 6.83. The van der Waals surface area contributed by atoms with Gasteiger partial charge in [0.25, 0.3) is 0 Å². The molecule has 0 spiro atoms. The lowest BCUT2D eigenvalue weighted by atomic mass is 10.1. The van der Waals surface area contributed by atoms with E-state index in [0.717, 1.165) is 31.0 Å². The molecule has 4 heteroatoms. The molecule has 0 aromatic rings. The summed E-state index contributed by atoms with van der Waals surface area (Å²) in [6.07, 6.45) is 1.09. The van der Waals surface area contributed by atoms with Crippen molar-refractivity contribution in [1.82, 2.24) is 10.2 Å². The van der Waals surface area contributed by atoms with Crippen molar-refractivity contribution in [3.63, 3.8) is 0 Å². The van der Waals surface area contributed by atoms with Gasteiger partial charge in [-0.3, -0.25) is 4.79 Å². The molecule has 1 unspecified atom stereocenters. The zero-order valence-corrected chi connectivity index (χ0v) is 10.8. The molecule has 0 saturated carbocycles. The monoisotopic (exact) mass is 230 g/mol. The van der Waals surface area contributed by atoms with Crippen LogP contribution in [0.2, 0.25) is 0 Å². The molecule has 0 aromatic heterocycles. The van der Waals surface area contributed by atoms with E-state index in [1.807, 2.05) is 23.7 Å². The Morgan fingerprint density at radius 3 is 2.87 bits per heavy atom. The third kappa shape index (κ3) is 4.43. The van der Waals surface area contributed by atoms with Gasteiger partial charge in [-0.15, -0.1) is 0 Å². The number of nitrogens with zero attached hydrogens (tertiary/aromatic N) is 1. The summed E-state index contributed by atoms with van der Waals surface area (Å²) in [6.45, 7) is 6.21. The second-order valence-corrected chi connectivity index (χ2v) is 5.67. The summed E-state index contributed by atoms with van der Waals surface area (Å²) in [5.74, 6) is 2.96. The van der Waals surface area contributed by atoms with Crippen LogP contribution in [-0.4, -0.2) is 48.5 Å². The van der Waals surface area contributed by atoms with Crippen LogP contribution in [0.3, 0.4) is 0 Å². The Kier molecular flexibility index (Phi) is 5.47. The van der Waals surface area contributed by atoms with Gasteiger partial charge < -0.3 is 10.2 Å². The van der Waals surface area contributed by atoms with Gasteiger partial charge in [0.05, 0.1) is 6.04 Å². The molecule has 1 rings (SSSR count). The van der Waals surface area contributed by atoms with Crippen LogP contribution in [-0.2, 0) is 4.79 Å². The number of thioether (sulfide) groups is 1. The predicted molar refractivity (Wildman–Crippen MR) is 66.2 cm³/mol. The Bertz CT molecular complexity index is 203. The second kappa shape index (κ2) is 6.38. The average molecular weight is 230 g/mol. The van der Waals surface area contributed by atoms with Crippen LogP contribution in [0.25, 0.3) is 0 Å². The molecule has 1 aliphatic rings. The largest absolute Gasteiger partial charge is 0.344 e. The summed E-state index contributed by atoms with van der Waals surface area (Å²) >= 11 is 1.86. The van der Waals surface area contributed by atoms with E-state index in [4.69, 9.17) is 0 Å². The molecule has 0 bridgehead atoms. The third-order valence-electron chi connectivity index (χ3n) is 2.64. The minimum atomic E-state index is 0.0425. The Balaban J connectivity index is 2.30. The topological polar surface area (TPSA) is 32.3 Å². The average Bonchev–Trinajstić information content (AvgIpc) is 2.26. The summed E-state index contributed by atoms with van der Waals surface area (Å²) < 4.78 is 0. The van der Waals surface area contributed by atoms with Crippen molar-refractivity contribution in [2.75, 3.05) is 31.6 Å². The Hall–Kier alpha value is -0.220. The maximum Gasteiger partial charge on any atom is 0.240 e. The van der Waals surface area contributed by atoms with Gasteiger partial charge in [-0.1, -0.05) is 13.8 Å². The van der Waals surface area contributed by atoms with E-state index < -0.39 is 0 Å². The zero-order chi connectivity index (χ0) is 11.3. The maximum atomic E-state index is 12.0. The molecular formula is C11H22N2OS. The van der Waals surface area contributed by atoms with Crippen molar-refractivity contribution in [2.45, 2.75) is 26.3 Å². The maximum absolute atomic E-state index is 12.0. The number of amides is 1. The summed E-state index contributed by atoms with van der Waals surface area (Å²) in [5.41, 5.74) is 0.